The average molecular weight is 461 g/mol. The van der Waals surface area contributed by atoms with E-state index in [-0.39, 0.29) is 6.42 Å². The van der Waals surface area contributed by atoms with E-state index in [4.69, 9.17) is 4.74 Å². The minimum Gasteiger partial charge on any atom is -0.453 e. The van der Waals surface area contributed by atoms with Crippen LogP contribution in [0.1, 0.15) is 13.3 Å². The Kier molecular flexibility index (Phi) is 4.86. The average Bonchev–Trinajstić information content (AvgIpc) is 2.67. The van der Waals surface area contributed by atoms with E-state index in [1.807, 2.05) is 30.3 Å². The molecule has 1 N–H and O–H groups in total. The van der Waals surface area contributed by atoms with Crippen molar-refractivity contribution in [3.63, 3.8) is 0 Å². The van der Waals surface area contributed by atoms with Crippen LogP contribution in [-0.2, 0) is 10.1 Å². The molecule has 1 atom stereocenters. The molecule has 0 amide bonds. The molecule has 0 radical (unpaired) electrons. The molecule has 0 saturated heterocycles. The third-order valence-electron chi connectivity index (χ3n) is 4.58. The van der Waals surface area contributed by atoms with Gasteiger partial charge in [0.25, 0.3) is 10.1 Å². The summed E-state index contributed by atoms with van der Waals surface area (Å²) in [6, 6.07) is 16.3. The summed E-state index contributed by atoms with van der Waals surface area (Å²) in [6.45, 7) is 1.72. The molecule has 0 aliphatic carbocycles. The van der Waals surface area contributed by atoms with Crippen LogP contribution in [0, 0.1) is 0 Å². The van der Waals surface area contributed by atoms with Crippen molar-refractivity contribution in [3.05, 3.63) is 65.3 Å². The Bertz CT molecular complexity index is 1150. The fraction of sp³-hybridized carbons (Fsp3) is 0.150. The molecule has 1 unspecified atom stereocenters. The van der Waals surface area contributed by atoms with Crippen molar-refractivity contribution in [1.29, 1.82) is 0 Å². The zero-order valence-corrected chi connectivity index (χ0v) is 17.3. The predicted octanol–water partition coefficient (Wildman–Crippen LogP) is 5.38. The molecule has 0 saturated carbocycles. The number of halogens is 1. The van der Waals surface area contributed by atoms with E-state index in [9.17, 15) is 13.0 Å². The van der Waals surface area contributed by atoms with Gasteiger partial charge >= 0.3 is 0 Å². The number of pyridine rings is 1. The number of nitrogens with zero attached hydrogens (tertiary/aromatic N) is 2. The number of hydrogen-bond donors (Lipinski definition) is 1. The molecule has 1 aliphatic heterocycles. The van der Waals surface area contributed by atoms with E-state index in [0.717, 1.165) is 15.7 Å². The largest absolute Gasteiger partial charge is 0.453 e. The van der Waals surface area contributed by atoms with E-state index < -0.39 is 15.5 Å². The summed E-state index contributed by atoms with van der Waals surface area (Å²) in [6.07, 6.45) is 1.89. The van der Waals surface area contributed by atoms with Crippen molar-refractivity contribution in [3.8, 4) is 22.8 Å². The highest BCUT2D eigenvalue weighted by Gasteiger charge is 2.36. The number of rotatable bonds is 4. The van der Waals surface area contributed by atoms with Crippen molar-refractivity contribution in [1.82, 2.24) is 4.98 Å². The normalized spacial score (nSPS) is 14.0. The molecule has 28 heavy (non-hydrogen) atoms. The van der Waals surface area contributed by atoms with Crippen molar-refractivity contribution in [2.45, 2.75) is 18.7 Å². The van der Waals surface area contributed by atoms with Gasteiger partial charge in [0, 0.05) is 16.2 Å². The lowest BCUT2D eigenvalue weighted by Crippen LogP contribution is -2.38. The number of hydrogen-bond acceptors (Lipinski definition) is 5. The molecule has 2 aromatic carbocycles. The monoisotopic (exact) mass is 460 g/mol. The highest BCUT2D eigenvalue weighted by molar-refractivity contribution is 9.10. The molecule has 3 aromatic rings. The van der Waals surface area contributed by atoms with Crippen LogP contribution < -0.4 is 9.64 Å². The fourth-order valence-corrected chi connectivity index (χ4v) is 4.76. The first-order valence-electron chi connectivity index (χ1n) is 8.67. The van der Waals surface area contributed by atoms with Crippen LogP contribution in [-0.4, -0.2) is 23.3 Å². The second-order valence-electron chi connectivity index (χ2n) is 6.33. The van der Waals surface area contributed by atoms with Gasteiger partial charge in [-0.15, -0.1) is 0 Å². The quantitative estimate of drug-likeness (QED) is 0.526. The molecule has 1 aromatic heterocycles. The summed E-state index contributed by atoms with van der Waals surface area (Å²) >= 11 is 3.50. The molecule has 4 rings (SSSR count). The van der Waals surface area contributed by atoms with Gasteiger partial charge < -0.3 is 9.64 Å². The molecule has 0 fully saturated rings. The Labute approximate surface area is 171 Å². The van der Waals surface area contributed by atoms with E-state index in [0.29, 0.717) is 22.9 Å². The van der Waals surface area contributed by atoms with Gasteiger partial charge in [-0.25, -0.2) is 0 Å². The van der Waals surface area contributed by atoms with E-state index >= 15 is 0 Å². The van der Waals surface area contributed by atoms with Gasteiger partial charge in [0.2, 0.25) is 0 Å². The Balaban J connectivity index is 1.94. The molecule has 8 heteroatoms. The molecular weight excluding hydrogens is 444 g/mol. The summed E-state index contributed by atoms with van der Waals surface area (Å²) in [4.78, 5) is 6.02. The predicted molar refractivity (Wildman–Crippen MR) is 112 cm³/mol. The Hall–Kier alpha value is -2.42. The van der Waals surface area contributed by atoms with E-state index in [1.165, 1.54) is 0 Å². The highest BCUT2D eigenvalue weighted by Crippen LogP contribution is 2.49. The second-order valence-corrected chi connectivity index (χ2v) is 8.76. The van der Waals surface area contributed by atoms with Gasteiger partial charge in [0.15, 0.2) is 16.9 Å². The SMILES string of the molecule is CCC(N1c2ccccc2Oc2ccc(-c3ncccc3Br)cc21)S(=O)(=O)O. The van der Waals surface area contributed by atoms with E-state index in [2.05, 4.69) is 20.9 Å². The van der Waals surface area contributed by atoms with Gasteiger partial charge in [-0.2, -0.15) is 8.42 Å². The molecule has 1 aliphatic rings. The van der Waals surface area contributed by atoms with Crippen LogP contribution in [0.25, 0.3) is 11.3 Å². The summed E-state index contributed by atoms with van der Waals surface area (Å²) < 4.78 is 41.0. The van der Waals surface area contributed by atoms with Gasteiger partial charge in [0.05, 0.1) is 17.1 Å². The second kappa shape index (κ2) is 7.20. The highest BCUT2D eigenvalue weighted by atomic mass is 79.9. The van der Waals surface area contributed by atoms with Crippen LogP contribution in [0.2, 0.25) is 0 Å². The third kappa shape index (κ3) is 3.28. The van der Waals surface area contributed by atoms with Crippen molar-refractivity contribution < 1.29 is 17.7 Å². The zero-order chi connectivity index (χ0) is 19.9. The number of aromatic nitrogens is 1. The standard InChI is InChI=1S/C20H17BrN2O4S/c1-2-19(28(24,25)26)23-15-7-3-4-8-17(15)27-18-10-9-13(12-16(18)23)20-14(21)6-5-11-22-20/h3-12,19H,2H2,1H3,(H,24,25,26). The molecule has 0 spiro atoms. The molecule has 2 heterocycles. The lowest BCUT2D eigenvalue weighted by atomic mass is 10.1. The maximum Gasteiger partial charge on any atom is 0.286 e. The first kappa shape index (κ1) is 18.9. The lowest BCUT2D eigenvalue weighted by molar-refractivity contribution is 0.451. The molecular formula is C20H17BrN2O4S. The van der Waals surface area contributed by atoms with Gasteiger partial charge in [-0.1, -0.05) is 19.1 Å². The summed E-state index contributed by atoms with van der Waals surface area (Å²) in [5.74, 6) is 1.04. The number of anilines is 2. The van der Waals surface area contributed by atoms with Gasteiger partial charge in [0.1, 0.15) is 0 Å². The van der Waals surface area contributed by atoms with Gasteiger partial charge in [-0.3, -0.25) is 9.54 Å². The smallest absolute Gasteiger partial charge is 0.286 e. The Morgan fingerprint density at radius 3 is 2.57 bits per heavy atom. The van der Waals surface area contributed by atoms with Crippen LogP contribution in [0.4, 0.5) is 11.4 Å². The zero-order valence-electron chi connectivity index (χ0n) is 14.9. The fourth-order valence-electron chi connectivity index (χ4n) is 3.36. The minimum absolute atomic E-state index is 0.199. The number of fused-ring (bicyclic) bond motifs is 2. The topological polar surface area (TPSA) is 79.7 Å². The van der Waals surface area contributed by atoms with Gasteiger partial charge in [-0.05, 0) is 64.8 Å². The minimum atomic E-state index is -4.34. The Morgan fingerprint density at radius 1 is 1.11 bits per heavy atom. The number of ether oxygens (including phenoxy) is 1. The maximum absolute atomic E-state index is 12.1. The van der Waals surface area contributed by atoms with Crippen LogP contribution in [0.5, 0.6) is 11.5 Å². The van der Waals surface area contributed by atoms with Crippen molar-refractivity contribution in [2.24, 2.45) is 0 Å². The van der Waals surface area contributed by atoms with Crippen LogP contribution >= 0.6 is 15.9 Å². The van der Waals surface area contributed by atoms with Crippen molar-refractivity contribution in [2.75, 3.05) is 4.90 Å². The maximum atomic E-state index is 12.1. The van der Waals surface area contributed by atoms with Crippen molar-refractivity contribution >= 4 is 37.4 Å². The summed E-state index contributed by atoms with van der Waals surface area (Å²) in [5.41, 5.74) is 2.66. The van der Waals surface area contributed by atoms with Crippen LogP contribution in [0.3, 0.4) is 0 Å². The number of para-hydroxylation sites is 2. The third-order valence-corrected chi connectivity index (χ3v) is 6.45. The molecule has 0 bridgehead atoms. The Morgan fingerprint density at radius 2 is 1.86 bits per heavy atom. The first-order chi connectivity index (χ1) is 13.4. The molecule has 6 nitrogen and oxygen atoms in total. The van der Waals surface area contributed by atoms with Crippen LogP contribution in [0.15, 0.2) is 65.3 Å². The lowest BCUT2D eigenvalue weighted by Gasteiger charge is -2.36. The number of benzene rings is 2. The summed E-state index contributed by atoms with van der Waals surface area (Å²) in [7, 11) is -4.34. The first-order valence-corrected chi connectivity index (χ1v) is 11.0. The van der Waals surface area contributed by atoms with E-state index in [1.54, 1.807) is 42.3 Å². The molecule has 144 valence electrons. The summed E-state index contributed by atoms with van der Waals surface area (Å²) in [5, 5.41) is -1.14.